The molecule has 0 bridgehead atoms. The van der Waals surface area contributed by atoms with E-state index in [1.165, 1.54) is 19.4 Å². The van der Waals surface area contributed by atoms with Gasteiger partial charge in [0.1, 0.15) is 0 Å². The Morgan fingerprint density at radius 2 is 1.93 bits per heavy atom. The Bertz CT molecular complexity index is 602. The van der Waals surface area contributed by atoms with E-state index in [1.54, 1.807) is 0 Å². The van der Waals surface area contributed by atoms with Gasteiger partial charge in [0.2, 0.25) is 0 Å². The molecule has 7 nitrogen and oxygen atoms in total. The largest absolute Gasteiger partial charge is 0.337 e. The number of hydrogen-bond acceptors (Lipinski definition) is 5. The van der Waals surface area contributed by atoms with E-state index in [4.69, 9.17) is 0 Å². The highest BCUT2D eigenvalue weighted by Crippen LogP contribution is 2.23. The quantitative estimate of drug-likeness (QED) is 0.789. The number of aromatic nitrogens is 3. The summed E-state index contributed by atoms with van der Waals surface area (Å²) >= 11 is 0. The van der Waals surface area contributed by atoms with Gasteiger partial charge in [-0.1, -0.05) is 18.6 Å². The molecule has 152 valence electrons. The van der Waals surface area contributed by atoms with Gasteiger partial charge < -0.3 is 15.1 Å². The van der Waals surface area contributed by atoms with Gasteiger partial charge in [0.25, 0.3) is 5.91 Å². The second kappa shape index (κ2) is 9.64. The van der Waals surface area contributed by atoms with Crippen LogP contribution < -0.4 is 5.32 Å². The normalized spacial score (nSPS) is 19.8. The van der Waals surface area contributed by atoms with Crippen LogP contribution in [0, 0.1) is 12.8 Å². The molecule has 3 heterocycles. The van der Waals surface area contributed by atoms with Crippen molar-refractivity contribution < 1.29 is 4.79 Å². The van der Waals surface area contributed by atoms with Crippen molar-refractivity contribution in [1.29, 1.82) is 0 Å². The molecule has 2 aliphatic rings. The van der Waals surface area contributed by atoms with Gasteiger partial charge in [0, 0.05) is 19.6 Å². The van der Waals surface area contributed by atoms with E-state index in [0.717, 1.165) is 64.1 Å². The smallest absolute Gasteiger partial charge is 0.276 e. The van der Waals surface area contributed by atoms with Crippen molar-refractivity contribution in [3.8, 4) is 0 Å². The van der Waals surface area contributed by atoms with Crippen LogP contribution in [0.1, 0.15) is 67.7 Å². The highest BCUT2D eigenvalue weighted by atomic mass is 16.2. The topological polar surface area (TPSA) is 66.3 Å². The molecule has 0 unspecified atom stereocenters. The Morgan fingerprint density at radius 3 is 2.59 bits per heavy atom. The molecule has 0 spiro atoms. The maximum Gasteiger partial charge on any atom is 0.276 e. The summed E-state index contributed by atoms with van der Waals surface area (Å²) < 4.78 is 1.98. The van der Waals surface area contributed by atoms with E-state index in [-0.39, 0.29) is 5.91 Å². The predicted molar refractivity (Wildman–Crippen MR) is 107 cm³/mol. The third-order valence-electron chi connectivity index (χ3n) is 6.15. The Hall–Kier alpha value is -1.47. The number of nitrogens with one attached hydrogen (secondary N) is 1. The van der Waals surface area contributed by atoms with E-state index >= 15 is 0 Å². The third kappa shape index (κ3) is 5.08. The molecule has 1 amide bonds. The molecule has 2 aliphatic heterocycles. The zero-order chi connectivity index (χ0) is 19.2. The van der Waals surface area contributed by atoms with E-state index < -0.39 is 0 Å². The SMILES string of the molecule is CCCCN(C)CC1CCN(C(=O)c2nnn(C3CCNCC3)c2C)CC1. The molecule has 1 N–H and O–H groups in total. The number of nitrogens with zero attached hydrogens (tertiary/aromatic N) is 5. The number of hydrogen-bond donors (Lipinski definition) is 1. The van der Waals surface area contributed by atoms with Crippen LogP contribution in [0.3, 0.4) is 0 Å². The van der Waals surface area contributed by atoms with Crippen LogP contribution in [0.15, 0.2) is 0 Å². The first-order chi connectivity index (χ1) is 13.1. The van der Waals surface area contributed by atoms with Crippen molar-refractivity contribution in [3.63, 3.8) is 0 Å². The molecular formula is C20H36N6O. The van der Waals surface area contributed by atoms with Gasteiger partial charge in [0.05, 0.1) is 11.7 Å². The molecule has 0 aliphatic carbocycles. The summed E-state index contributed by atoms with van der Waals surface area (Å²) in [7, 11) is 2.22. The maximum absolute atomic E-state index is 13.0. The number of unbranched alkanes of at least 4 members (excludes halogenated alkanes) is 1. The molecule has 0 atom stereocenters. The van der Waals surface area contributed by atoms with Gasteiger partial charge in [-0.2, -0.15) is 0 Å². The van der Waals surface area contributed by atoms with Gasteiger partial charge in [-0.15, -0.1) is 5.10 Å². The lowest BCUT2D eigenvalue weighted by Gasteiger charge is -2.33. The number of carbonyl (C=O) groups is 1. The summed E-state index contributed by atoms with van der Waals surface area (Å²) in [6, 6.07) is 0.365. The van der Waals surface area contributed by atoms with Gasteiger partial charge in [-0.25, -0.2) is 4.68 Å². The van der Waals surface area contributed by atoms with E-state index in [1.807, 2.05) is 16.5 Å². The van der Waals surface area contributed by atoms with Gasteiger partial charge in [-0.3, -0.25) is 4.79 Å². The van der Waals surface area contributed by atoms with E-state index in [9.17, 15) is 4.79 Å². The maximum atomic E-state index is 13.0. The zero-order valence-corrected chi connectivity index (χ0v) is 17.3. The van der Waals surface area contributed by atoms with Gasteiger partial charge >= 0.3 is 0 Å². The molecule has 1 aromatic rings. The third-order valence-corrected chi connectivity index (χ3v) is 6.15. The first-order valence-electron chi connectivity index (χ1n) is 10.7. The summed E-state index contributed by atoms with van der Waals surface area (Å²) in [6.07, 6.45) is 6.78. The number of piperidine rings is 2. The lowest BCUT2D eigenvalue weighted by molar-refractivity contribution is 0.0666. The average molecular weight is 377 g/mol. The summed E-state index contributed by atoms with van der Waals surface area (Å²) in [6.45, 7) is 10.2. The first-order valence-corrected chi connectivity index (χ1v) is 10.7. The Labute approximate surface area is 163 Å². The van der Waals surface area contributed by atoms with Crippen molar-refractivity contribution >= 4 is 5.91 Å². The monoisotopic (exact) mass is 376 g/mol. The average Bonchev–Trinajstić information content (AvgIpc) is 3.08. The second-order valence-corrected chi connectivity index (χ2v) is 8.30. The first kappa shape index (κ1) is 20.3. The van der Waals surface area contributed by atoms with Crippen molar-refractivity contribution in [1.82, 2.24) is 30.1 Å². The van der Waals surface area contributed by atoms with Crippen LogP contribution in [0.5, 0.6) is 0 Å². The molecule has 2 fully saturated rings. The van der Waals surface area contributed by atoms with Gasteiger partial charge in [-0.05, 0) is 71.6 Å². The fraction of sp³-hybridized carbons (Fsp3) is 0.850. The molecule has 2 saturated heterocycles. The van der Waals surface area contributed by atoms with Crippen molar-refractivity contribution in [2.75, 3.05) is 46.3 Å². The lowest BCUT2D eigenvalue weighted by Crippen LogP contribution is -2.41. The molecule has 3 rings (SSSR count). The molecule has 27 heavy (non-hydrogen) atoms. The van der Waals surface area contributed by atoms with Crippen LogP contribution in [-0.4, -0.2) is 77.0 Å². The number of rotatable bonds is 7. The molecule has 0 radical (unpaired) electrons. The van der Waals surface area contributed by atoms with Crippen LogP contribution in [0.4, 0.5) is 0 Å². The zero-order valence-electron chi connectivity index (χ0n) is 17.3. The second-order valence-electron chi connectivity index (χ2n) is 8.30. The fourth-order valence-corrected chi connectivity index (χ4v) is 4.37. The number of carbonyl (C=O) groups excluding carboxylic acids is 1. The summed E-state index contributed by atoms with van der Waals surface area (Å²) in [5.74, 6) is 0.757. The molecule has 0 saturated carbocycles. The van der Waals surface area contributed by atoms with Crippen LogP contribution in [-0.2, 0) is 0 Å². The minimum Gasteiger partial charge on any atom is -0.337 e. The Morgan fingerprint density at radius 1 is 1.22 bits per heavy atom. The Balaban J connectivity index is 1.53. The predicted octanol–water partition coefficient (Wildman–Crippen LogP) is 2.10. The minimum absolute atomic E-state index is 0.0606. The van der Waals surface area contributed by atoms with Crippen LogP contribution in [0.2, 0.25) is 0 Å². The standard InChI is InChI=1S/C20H36N6O/c1-4-5-12-24(3)15-17-8-13-25(14-9-17)20(27)19-16(2)26(23-22-19)18-6-10-21-11-7-18/h17-18,21H,4-15H2,1-3H3. The number of likely N-dealkylation sites (tertiary alicyclic amines) is 1. The molecule has 0 aromatic carbocycles. The summed E-state index contributed by atoms with van der Waals surface area (Å²) in [5.41, 5.74) is 1.47. The Kier molecular flexibility index (Phi) is 7.24. The highest BCUT2D eigenvalue weighted by Gasteiger charge is 2.29. The molecule has 1 aromatic heterocycles. The summed E-state index contributed by atoms with van der Waals surface area (Å²) in [5, 5.41) is 12.0. The summed E-state index contributed by atoms with van der Waals surface area (Å²) in [4.78, 5) is 17.4. The molecular weight excluding hydrogens is 340 g/mol. The van der Waals surface area contributed by atoms with E-state index in [0.29, 0.717) is 17.7 Å². The van der Waals surface area contributed by atoms with E-state index in [2.05, 4.69) is 34.5 Å². The van der Waals surface area contributed by atoms with Crippen molar-refractivity contribution in [2.24, 2.45) is 5.92 Å². The fourth-order valence-electron chi connectivity index (χ4n) is 4.37. The minimum atomic E-state index is 0.0606. The van der Waals surface area contributed by atoms with Crippen molar-refractivity contribution in [2.45, 2.75) is 58.4 Å². The van der Waals surface area contributed by atoms with Gasteiger partial charge in [0.15, 0.2) is 5.69 Å². The van der Waals surface area contributed by atoms with Crippen LogP contribution in [0.25, 0.3) is 0 Å². The number of amides is 1. The molecule has 7 heteroatoms. The van der Waals surface area contributed by atoms with Crippen molar-refractivity contribution in [3.05, 3.63) is 11.4 Å². The highest BCUT2D eigenvalue weighted by molar-refractivity contribution is 5.93. The lowest BCUT2D eigenvalue weighted by atomic mass is 9.96. The van der Waals surface area contributed by atoms with Crippen LogP contribution >= 0.6 is 0 Å².